The first-order valence-corrected chi connectivity index (χ1v) is 4.59. The van der Waals surface area contributed by atoms with E-state index in [2.05, 4.69) is 11.8 Å². The molecule has 0 aromatic rings. The van der Waals surface area contributed by atoms with E-state index in [9.17, 15) is 4.79 Å². The van der Waals surface area contributed by atoms with Crippen LogP contribution in [0.3, 0.4) is 0 Å². The Morgan fingerprint density at radius 1 is 1.62 bits per heavy atom. The Balaban J connectivity index is 2.29. The van der Waals surface area contributed by atoms with Gasteiger partial charge < -0.3 is 9.64 Å². The third-order valence-corrected chi connectivity index (χ3v) is 2.47. The fourth-order valence-electron chi connectivity index (χ4n) is 1.84. The van der Waals surface area contributed by atoms with Gasteiger partial charge in [0, 0.05) is 6.54 Å². The molecule has 1 aliphatic heterocycles. The maximum atomic E-state index is 11.2. The molecule has 2 aliphatic rings. The van der Waals surface area contributed by atoms with Crippen LogP contribution in [0.1, 0.15) is 20.3 Å². The highest BCUT2D eigenvalue weighted by Gasteiger charge is 2.30. The number of ketones is 1. The zero-order chi connectivity index (χ0) is 9.42. The number of hydrogen-bond donors (Lipinski definition) is 0. The van der Waals surface area contributed by atoms with Crippen LogP contribution in [0.15, 0.2) is 23.6 Å². The largest absolute Gasteiger partial charge is 0.469 e. The zero-order valence-electron chi connectivity index (χ0n) is 7.91. The summed E-state index contributed by atoms with van der Waals surface area (Å²) in [6.07, 6.45) is 3.92. The molecular weight excluding hydrogens is 166 g/mol. The van der Waals surface area contributed by atoms with Gasteiger partial charge in [-0.3, -0.25) is 4.79 Å². The van der Waals surface area contributed by atoms with Crippen molar-refractivity contribution in [3.63, 3.8) is 0 Å². The second kappa shape index (κ2) is 2.91. The molecule has 2 rings (SSSR count). The van der Waals surface area contributed by atoms with Gasteiger partial charge in [0.25, 0.3) is 0 Å². The number of carbonyl (C=O) groups excluding carboxylic acids is 1. The second-order valence-electron chi connectivity index (χ2n) is 3.29. The normalized spacial score (nSPS) is 26.5. The van der Waals surface area contributed by atoms with E-state index in [4.69, 9.17) is 4.74 Å². The van der Waals surface area contributed by atoms with E-state index in [1.165, 1.54) is 0 Å². The SMILES string of the molecule is CCN1C2=C(C=CC(=O)C2)OC1C. The first-order valence-electron chi connectivity index (χ1n) is 4.59. The van der Waals surface area contributed by atoms with Gasteiger partial charge in [0.2, 0.25) is 0 Å². The highest BCUT2D eigenvalue weighted by Crippen LogP contribution is 2.31. The average Bonchev–Trinajstić information content (AvgIpc) is 2.40. The molecule has 0 aromatic carbocycles. The van der Waals surface area contributed by atoms with Gasteiger partial charge in [0.15, 0.2) is 12.0 Å². The Morgan fingerprint density at radius 2 is 2.38 bits per heavy atom. The number of nitrogens with zero attached hydrogens (tertiary/aromatic N) is 1. The summed E-state index contributed by atoms with van der Waals surface area (Å²) >= 11 is 0. The third kappa shape index (κ3) is 1.24. The van der Waals surface area contributed by atoms with Crippen LogP contribution in [0.4, 0.5) is 0 Å². The lowest BCUT2D eigenvalue weighted by molar-refractivity contribution is -0.114. The second-order valence-corrected chi connectivity index (χ2v) is 3.29. The van der Waals surface area contributed by atoms with Crippen LogP contribution < -0.4 is 0 Å². The predicted molar refractivity (Wildman–Crippen MR) is 48.7 cm³/mol. The Morgan fingerprint density at radius 3 is 3.08 bits per heavy atom. The molecule has 0 spiro atoms. The van der Waals surface area contributed by atoms with Crippen LogP contribution in [-0.2, 0) is 9.53 Å². The highest BCUT2D eigenvalue weighted by atomic mass is 16.5. The molecule has 0 N–H and O–H groups in total. The zero-order valence-corrected chi connectivity index (χ0v) is 7.91. The van der Waals surface area contributed by atoms with E-state index >= 15 is 0 Å². The maximum absolute atomic E-state index is 11.2. The van der Waals surface area contributed by atoms with Gasteiger partial charge in [0.05, 0.1) is 12.1 Å². The molecule has 1 aliphatic carbocycles. The van der Waals surface area contributed by atoms with Crippen molar-refractivity contribution >= 4 is 5.78 Å². The minimum absolute atomic E-state index is 0.0746. The number of hydrogen-bond acceptors (Lipinski definition) is 3. The molecule has 0 bridgehead atoms. The van der Waals surface area contributed by atoms with E-state index in [0.717, 1.165) is 18.0 Å². The summed E-state index contributed by atoms with van der Waals surface area (Å²) in [5, 5.41) is 0. The summed E-state index contributed by atoms with van der Waals surface area (Å²) in [4.78, 5) is 13.3. The summed E-state index contributed by atoms with van der Waals surface area (Å²) < 4.78 is 5.58. The fraction of sp³-hybridized carbons (Fsp3) is 0.500. The molecule has 0 radical (unpaired) electrons. The first-order chi connectivity index (χ1) is 6.22. The van der Waals surface area contributed by atoms with Crippen molar-refractivity contribution in [3.05, 3.63) is 23.6 Å². The van der Waals surface area contributed by atoms with Crippen molar-refractivity contribution in [2.45, 2.75) is 26.5 Å². The molecule has 0 saturated heterocycles. The lowest BCUT2D eigenvalue weighted by Gasteiger charge is -2.22. The quantitative estimate of drug-likeness (QED) is 0.609. The smallest absolute Gasteiger partial charge is 0.169 e. The molecule has 0 saturated carbocycles. The fourth-order valence-corrected chi connectivity index (χ4v) is 1.84. The summed E-state index contributed by atoms with van der Waals surface area (Å²) in [5.74, 6) is 1.03. The number of carbonyl (C=O) groups is 1. The van der Waals surface area contributed by atoms with Gasteiger partial charge in [-0.1, -0.05) is 0 Å². The van der Waals surface area contributed by atoms with Crippen LogP contribution in [0.2, 0.25) is 0 Å². The van der Waals surface area contributed by atoms with Gasteiger partial charge in [0.1, 0.15) is 5.76 Å². The van der Waals surface area contributed by atoms with Crippen LogP contribution in [0.5, 0.6) is 0 Å². The number of ether oxygens (including phenoxy) is 1. The standard InChI is InChI=1S/C10H13NO2/c1-3-11-7(2)13-10-5-4-8(12)6-9(10)11/h4-5,7H,3,6H2,1-2H3. The van der Waals surface area contributed by atoms with E-state index < -0.39 is 0 Å². The number of allylic oxidation sites excluding steroid dienone is 3. The van der Waals surface area contributed by atoms with Gasteiger partial charge in [-0.25, -0.2) is 0 Å². The Hall–Kier alpha value is -1.25. The molecule has 70 valence electrons. The van der Waals surface area contributed by atoms with Crippen molar-refractivity contribution in [2.75, 3.05) is 6.54 Å². The Labute approximate surface area is 77.7 Å². The summed E-state index contributed by atoms with van der Waals surface area (Å²) in [6.45, 7) is 4.96. The molecule has 1 heterocycles. The van der Waals surface area contributed by atoms with E-state index in [1.807, 2.05) is 6.92 Å². The van der Waals surface area contributed by atoms with Crippen LogP contribution in [-0.4, -0.2) is 23.5 Å². The predicted octanol–water partition coefficient (Wildman–Crippen LogP) is 1.43. The minimum Gasteiger partial charge on any atom is -0.469 e. The topological polar surface area (TPSA) is 29.5 Å². The minimum atomic E-state index is 0.0746. The summed E-state index contributed by atoms with van der Waals surface area (Å²) in [7, 11) is 0. The maximum Gasteiger partial charge on any atom is 0.169 e. The molecule has 1 unspecified atom stereocenters. The monoisotopic (exact) mass is 179 g/mol. The van der Waals surface area contributed by atoms with Gasteiger partial charge in [-0.05, 0) is 26.0 Å². The van der Waals surface area contributed by atoms with Crippen molar-refractivity contribution in [1.29, 1.82) is 0 Å². The lowest BCUT2D eigenvalue weighted by Crippen LogP contribution is -2.28. The molecule has 3 heteroatoms. The number of rotatable bonds is 1. The Bertz CT molecular complexity index is 304. The van der Waals surface area contributed by atoms with Crippen LogP contribution >= 0.6 is 0 Å². The molecule has 3 nitrogen and oxygen atoms in total. The van der Waals surface area contributed by atoms with E-state index in [-0.39, 0.29) is 12.0 Å². The molecular formula is C10H13NO2. The van der Waals surface area contributed by atoms with Crippen LogP contribution in [0.25, 0.3) is 0 Å². The first kappa shape index (κ1) is 8.35. The summed E-state index contributed by atoms with van der Waals surface area (Å²) in [5.41, 5.74) is 1.04. The highest BCUT2D eigenvalue weighted by molar-refractivity contribution is 5.93. The van der Waals surface area contributed by atoms with Crippen molar-refractivity contribution in [3.8, 4) is 0 Å². The van der Waals surface area contributed by atoms with Crippen molar-refractivity contribution in [2.24, 2.45) is 0 Å². The average molecular weight is 179 g/mol. The molecule has 1 atom stereocenters. The lowest BCUT2D eigenvalue weighted by atomic mass is 10.1. The molecule has 0 amide bonds. The van der Waals surface area contributed by atoms with Gasteiger partial charge in [-0.15, -0.1) is 0 Å². The van der Waals surface area contributed by atoms with E-state index in [1.54, 1.807) is 12.2 Å². The Kier molecular flexibility index (Phi) is 1.87. The van der Waals surface area contributed by atoms with E-state index in [0.29, 0.717) is 6.42 Å². The van der Waals surface area contributed by atoms with Gasteiger partial charge in [-0.2, -0.15) is 0 Å². The van der Waals surface area contributed by atoms with Crippen molar-refractivity contribution < 1.29 is 9.53 Å². The molecule has 0 fully saturated rings. The summed E-state index contributed by atoms with van der Waals surface area (Å²) in [6, 6.07) is 0. The molecule has 0 aromatic heterocycles. The van der Waals surface area contributed by atoms with Crippen LogP contribution in [0, 0.1) is 0 Å². The molecule has 13 heavy (non-hydrogen) atoms. The van der Waals surface area contributed by atoms with Gasteiger partial charge >= 0.3 is 0 Å². The third-order valence-electron chi connectivity index (χ3n) is 2.47. The van der Waals surface area contributed by atoms with Crippen molar-refractivity contribution in [1.82, 2.24) is 4.90 Å².